The average molecular weight is 273 g/mol. The topological polar surface area (TPSA) is 59.3 Å². The summed E-state index contributed by atoms with van der Waals surface area (Å²) in [4.78, 5) is 2.49. The molecule has 1 aliphatic heterocycles. The number of likely N-dealkylation sites (tertiary alicyclic amines) is 1. The van der Waals surface area contributed by atoms with Crippen molar-refractivity contribution < 1.29 is 5.11 Å². The average Bonchev–Trinajstić information content (AvgIpc) is 3.01. The van der Waals surface area contributed by atoms with Gasteiger partial charge in [-0.2, -0.15) is 5.26 Å². The molecule has 0 spiro atoms. The monoisotopic (exact) mass is 273 g/mol. The van der Waals surface area contributed by atoms with Crippen molar-refractivity contribution in [3.8, 4) is 6.07 Å². The van der Waals surface area contributed by atoms with Gasteiger partial charge in [0.25, 0.3) is 0 Å². The first-order chi connectivity index (χ1) is 9.70. The molecule has 1 heterocycles. The van der Waals surface area contributed by atoms with Gasteiger partial charge >= 0.3 is 0 Å². The third kappa shape index (κ3) is 4.04. The molecule has 4 nitrogen and oxygen atoms in total. The lowest BCUT2D eigenvalue weighted by Gasteiger charge is -2.24. The lowest BCUT2D eigenvalue weighted by atomic mass is 10.1. The first-order valence-electron chi connectivity index (χ1n) is 7.33. The Morgan fingerprint density at radius 1 is 1.25 bits per heavy atom. The summed E-state index contributed by atoms with van der Waals surface area (Å²) < 4.78 is 0. The Morgan fingerprint density at radius 2 is 1.90 bits per heavy atom. The van der Waals surface area contributed by atoms with E-state index in [9.17, 15) is 5.11 Å². The fourth-order valence-corrected chi connectivity index (χ4v) is 2.64. The van der Waals surface area contributed by atoms with E-state index < -0.39 is 6.10 Å². The maximum atomic E-state index is 10.1. The summed E-state index contributed by atoms with van der Waals surface area (Å²) in [5, 5.41) is 22.2. The van der Waals surface area contributed by atoms with Crippen molar-refractivity contribution in [3.63, 3.8) is 0 Å². The predicted molar refractivity (Wildman–Crippen MR) is 79.3 cm³/mol. The number of benzene rings is 1. The van der Waals surface area contributed by atoms with Gasteiger partial charge in [0, 0.05) is 19.1 Å². The lowest BCUT2D eigenvalue weighted by molar-refractivity contribution is 0.168. The van der Waals surface area contributed by atoms with Crippen LogP contribution in [0.4, 0.5) is 0 Å². The highest BCUT2D eigenvalue weighted by atomic mass is 16.3. The smallest absolute Gasteiger partial charge is 0.0991 e. The van der Waals surface area contributed by atoms with Gasteiger partial charge in [-0.1, -0.05) is 12.1 Å². The molecule has 1 aromatic carbocycles. The van der Waals surface area contributed by atoms with E-state index in [0.29, 0.717) is 18.2 Å². The lowest BCUT2D eigenvalue weighted by Crippen LogP contribution is -2.39. The summed E-state index contributed by atoms with van der Waals surface area (Å²) in [7, 11) is 0. The SMILES string of the molecule is CC(CNCC(O)c1ccc(C#N)cc1)N1CCCC1. The summed E-state index contributed by atoms with van der Waals surface area (Å²) in [5.74, 6) is 0. The molecule has 1 aliphatic rings. The molecule has 2 rings (SSSR count). The first kappa shape index (κ1) is 15.0. The Hall–Kier alpha value is -1.41. The van der Waals surface area contributed by atoms with Crippen LogP contribution in [-0.2, 0) is 0 Å². The van der Waals surface area contributed by atoms with Gasteiger partial charge in [-0.3, -0.25) is 4.90 Å². The summed E-state index contributed by atoms with van der Waals surface area (Å²) in [6.07, 6.45) is 2.09. The second kappa shape index (κ2) is 7.39. The minimum absolute atomic E-state index is 0.519. The van der Waals surface area contributed by atoms with Crippen molar-refractivity contribution in [2.75, 3.05) is 26.2 Å². The van der Waals surface area contributed by atoms with Crippen LogP contribution in [0.3, 0.4) is 0 Å². The Bertz CT molecular complexity index is 446. The normalized spacial score (nSPS) is 18.6. The number of hydrogen-bond acceptors (Lipinski definition) is 4. The van der Waals surface area contributed by atoms with Crippen molar-refractivity contribution in [1.29, 1.82) is 5.26 Å². The number of nitriles is 1. The largest absolute Gasteiger partial charge is 0.387 e. The Kier molecular flexibility index (Phi) is 5.54. The molecule has 0 amide bonds. The van der Waals surface area contributed by atoms with E-state index in [-0.39, 0.29) is 0 Å². The summed E-state index contributed by atoms with van der Waals surface area (Å²) >= 11 is 0. The van der Waals surface area contributed by atoms with Crippen LogP contribution in [0, 0.1) is 11.3 Å². The first-order valence-corrected chi connectivity index (χ1v) is 7.33. The Labute approximate surface area is 121 Å². The second-order valence-electron chi connectivity index (χ2n) is 5.50. The van der Waals surface area contributed by atoms with Gasteiger partial charge in [-0.15, -0.1) is 0 Å². The molecule has 0 saturated carbocycles. The predicted octanol–water partition coefficient (Wildman–Crippen LogP) is 1.67. The standard InChI is InChI=1S/C16H23N3O/c1-13(19-8-2-3-9-19)11-18-12-16(20)15-6-4-14(10-17)5-7-15/h4-7,13,16,18,20H,2-3,8-9,11-12H2,1H3. The zero-order chi connectivity index (χ0) is 14.4. The number of rotatable bonds is 6. The van der Waals surface area contributed by atoms with E-state index in [1.807, 2.05) is 12.1 Å². The fraction of sp³-hybridized carbons (Fsp3) is 0.562. The Balaban J connectivity index is 1.73. The van der Waals surface area contributed by atoms with Crippen LogP contribution in [0.1, 0.15) is 37.0 Å². The van der Waals surface area contributed by atoms with E-state index in [2.05, 4.69) is 23.2 Å². The van der Waals surface area contributed by atoms with Gasteiger partial charge in [-0.25, -0.2) is 0 Å². The van der Waals surface area contributed by atoms with E-state index in [1.54, 1.807) is 12.1 Å². The molecule has 1 aromatic rings. The van der Waals surface area contributed by atoms with Crippen LogP contribution in [0.15, 0.2) is 24.3 Å². The van der Waals surface area contributed by atoms with Gasteiger partial charge < -0.3 is 10.4 Å². The van der Waals surface area contributed by atoms with E-state index >= 15 is 0 Å². The van der Waals surface area contributed by atoms with Crippen LogP contribution in [0.25, 0.3) is 0 Å². The zero-order valence-corrected chi connectivity index (χ0v) is 12.0. The minimum atomic E-state index is -0.520. The van der Waals surface area contributed by atoms with Crippen molar-refractivity contribution in [3.05, 3.63) is 35.4 Å². The fourth-order valence-electron chi connectivity index (χ4n) is 2.64. The maximum absolute atomic E-state index is 10.1. The highest BCUT2D eigenvalue weighted by molar-refractivity contribution is 5.32. The van der Waals surface area contributed by atoms with Gasteiger partial charge in [0.05, 0.1) is 17.7 Å². The number of hydrogen-bond donors (Lipinski definition) is 2. The summed E-state index contributed by atoms with van der Waals surface area (Å²) in [5.41, 5.74) is 1.47. The van der Waals surface area contributed by atoms with E-state index in [1.165, 1.54) is 25.9 Å². The van der Waals surface area contributed by atoms with Crippen LogP contribution in [-0.4, -0.2) is 42.2 Å². The van der Waals surface area contributed by atoms with Gasteiger partial charge in [0.2, 0.25) is 0 Å². The van der Waals surface area contributed by atoms with Crippen LogP contribution in [0.2, 0.25) is 0 Å². The highest BCUT2D eigenvalue weighted by Crippen LogP contribution is 2.13. The molecule has 2 atom stereocenters. The molecule has 20 heavy (non-hydrogen) atoms. The quantitative estimate of drug-likeness (QED) is 0.827. The molecular weight excluding hydrogens is 250 g/mol. The van der Waals surface area contributed by atoms with Crippen LogP contribution < -0.4 is 5.32 Å². The minimum Gasteiger partial charge on any atom is -0.387 e. The Morgan fingerprint density at radius 3 is 2.50 bits per heavy atom. The number of aliphatic hydroxyl groups is 1. The highest BCUT2D eigenvalue weighted by Gasteiger charge is 2.17. The molecule has 1 saturated heterocycles. The van der Waals surface area contributed by atoms with E-state index in [4.69, 9.17) is 5.26 Å². The van der Waals surface area contributed by atoms with Crippen molar-refractivity contribution in [2.24, 2.45) is 0 Å². The molecule has 2 unspecified atom stereocenters. The molecule has 4 heteroatoms. The number of nitrogens with one attached hydrogen (secondary N) is 1. The third-order valence-electron chi connectivity index (χ3n) is 3.97. The van der Waals surface area contributed by atoms with Crippen LogP contribution >= 0.6 is 0 Å². The van der Waals surface area contributed by atoms with Gasteiger partial charge in [0.1, 0.15) is 0 Å². The van der Waals surface area contributed by atoms with Crippen molar-refractivity contribution in [2.45, 2.75) is 31.9 Å². The summed E-state index contributed by atoms with van der Waals surface area (Å²) in [6, 6.07) is 9.71. The molecule has 0 aliphatic carbocycles. The second-order valence-corrected chi connectivity index (χ2v) is 5.50. The summed E-state index contributed by atoms with van der Waals surface area (Å²) in [6.45, 7) is 6.06. The van der Waals surface area contributed by atoms with Crippen LogP contribution in [0.5, 0.6) is 0 Å². The maximum Gasteiger partial charge on any atom is 0.0991 e. The molecule has 0 radical (unpaired) electrons. The molecular formula is C16H23N3O. The molecule has 2 N–H and O–H groups in total. The van der Waals surface area contributed by atoms with Crippen molar-refractivity contribution >= 4 is 0 Å². The van der Waals surface area contributed by atoms with Gasteiger partial charge in [0.15, 0.2) is 0 Å². The van der Waals surface area contributed by atoms with Crippen molar-refractivity contribution in [1.82, 2.24) is 10.2 Å². The van der Waals surface area contributed by atoms with Gasteiger partial charge in [-0.05, 0) is 50.6 Å². The molecule has 108 valence electrons. The van der Waals surface area contributed by atoms with E-state index in [0.717, 1.165) is 12.1 Å². The molecule has 1 fully saturated rings. The molecule has 0 aromatic heterocycles. The third-order valence-corrected chi connectivity index (χ3v) is 3.97. The molecule has 0 bridgehead atoms. The zero-order valence-electron chi connectivity index (χ0n) is 12.0. The number of nitrogens with zero attached hydrogens (tertiary/aromatic N) is 2. The number of aliphatic hydroxyl groups excluding tert-OH is 1.